The summed E-state index contributed by atoms with van der Waals surface area (Å²) in [6.07, 6.45) is 0. The molecule has 0 bridgehead atoms. The van der Waals surface area contributed by atoms with Crippen LogP contribution in [0.15, 0.2) is 48.5 Å². The van der Waals surface area contributed by atoms with E-state index >= 15 is 0 Å². The summed E-state index contributed by atoms with van der Waals surface area (Å²) < 4.78 is 17.6. The van der Waals surface area contributed by atoms with E-state index in [9.17, 15) is 4.79 Å². The fraction of sp³-hybridized carbons (Fsp3) is 0.250. The summed E-state index contributed by atoms with van der Waals surface area (Å²) >= 11 is 0. The number of aromatic nitrogens is 3. The second kappa shape index (κ2) is 8.43. The average molecular weight is 382 g/mol. The van der Waals surface area contributed by atoms with Crippen LogP contribution in [0.2, 0.25) is 0 Å². The summed E-state index contributed by atoms with van der Waals surface area (Å²) in [7, 11) is 6.55. The van der Waals surface area contributed by atoms with Crippen molar-refractivity contribution in [1.82, 2.24) is 19.7 Å². The normalized spacial score (nSPS) is 10.4. The molecule has 28 heavy (non-hydrogen) atoms. The summed E-state index contributed by atoms with van der Waals surface area (Å²) in [5.74, 6) is 1.89. The smallest absolute Gasteiger partial charge is 0.336 e. The SMILES string of the molecule is COc1ccc(-c2nc(OCC(=O)N(C)C)nn2-c2ccc(OC)cc2)cc1. The predicted molar refractivity (Wildman–Crippen MR) is 104 cm³/mol. The van der Waals surface area contributed by atoms with Crippen molar-refractivity contribution in [3.05, 3.63) is 48.5 Å². The molecule has 0 aliphatic heterocycles. The molecule has 2 aromatic carbocycles. The Morgan fingerprint density at radius 2 is 1.54 bits per heavy atom. The van der Waals surface area contributed by atoms with E-state index in [1.54, 1.807) is 33.0 Å². The topological polar surface area (TPSA) is 78.7 Å². The van der Waals surface area contributed by atoms with Gasteiger partial charge in [-0.1, -0.05) is 0 Å². The van der Waals surface area contributed by atoms with E-state index in [0.717, 1.165) is 22.7 Å². The molecule has 0 atom stereocenters. The Bertz CT molecular complexity index is 869. The van der Waals surface area contributed by atoms with E-state index in [1.165, 1.54) is 4.90 Å². The lowest BCUT2D eigenvalue weighted by Gasteiger charge is -2.09. The molecule has 146 valence electrons. The number of hydrogen-bond acceptors (Lipinski definition) is 6. The third-order valence-electron chi connectivity index (χ3n) is 4.08. The van der Waals surface area contributed by atoms with Crippen LogP contribution in [0.25, 0.3) is 17.1 Å². The first-order valence-electron chi connectivity index (χ1n) is 8.60. The van der Waals surface area contributed by atoms with Crippen LogP contribution in [-0.2, 0) is 4.79 Å². The average Bonchev–Trinajstić information content (AvgIpc) is 3.16. The summed E-state index contributed by atoms with van der Waals surface area (Å²) in [6, 6.07) is 15.0. The minimum atomic E-state index is -0.174. The Labute approximate surface area is 163 Å². The van der Waals surface area contributed by atoms with Gasteiger partial charge in [-0.3, -0.25) is 4.79 Å². The second-order valence-electron chi connectivity index (χ2n) is 6.13. The van der Waals surface area contributed by atoms with E-state index < -0.39 is 0 Å². The predicted octanol–water partition coefficient (Wildman–Crippen LogP) is 2.42. The van der Waals surface area contributed by atoms with Gasteiger partial charge in [0, 0.05) is 19.7 Å². The van der Waals surface area contributed by atoms with Gasteiger partial charge in [0.15, 0.2) is 12.4 Å². The first kappa shape index (κ1) is 19.2. The molecule has 8 nitrogen and oxygen atoms in total. The minimum Gasteiger partial charge on any atom is -0.497 e. The van der Waals surface area contributed by atoms with E-state index in [0.29, 0.717) is 5.82 Å². The van der Waals surface area contributed by atoms with Crippen LogP contribution in [0, 0.1) is 0 Å². The number of hydrogen-bond donors (Lipinski definition) is 0. The number of benzene rings is 2. The van der Waals surface area contributed by atoms with Crippen LogP contribution in [-0.4, -0.2) is 60.5 Å². The highest BCUT2D eigenvalue weighted by Gasteiger charge is 2.16. The van der Waals surface area contributed by atoms with Crippen molar-refractivity contribution in [3.63, 3.8) is 0 Å². The van der Waals surface area contributed by atoms with Gasteiger partial charge in [0.1, 0.15) is 11.5 Å². The standard InChI is InChI=1S/C20H22N4O4/c1-23(2)18(25)13-28-20-21-19(14-5-9-16(26-3)10-6-14)24(22-20)15-7-11-17(27-4)12-8-15/h5-12H,13H2,1-4H3. The van der Waals surface area contributed by atoms with E-state index in [1.807, 2.05) is 48.5 Å². The Morgan fingerprint density at radius 3 is 2.07 bits per heavy atom. The van der Waals surface area contributed by atoms with Gasteiger partial charge < -0.3 is 19.1 Å². The number of carbonyl (C=O) groups is 1. The van der Waals surface area contributed by atoms with Crippen molar-refractivity contribution in [1.29, 1.82) is 0 Å². The number of rotatable bonds is 7. The number of likely N-dealkylation sites (N-methyl/N-ethyl adjacent to an activating group) is 1. The molecule has 0 radical (unpaired) electrons. The van der Waals surface area contributed by atoms with Crippen LogP contribution in [0.5, 0.6) is 17.5 Å². The largest absolute Gasteiger partial charge is 0.497 e. The first-order chi connectivity index (χ1) is 13.5. The van der Waals surface area contributed by atoms with Gasteiger partial charge in [0.2, 0.25) is 0 Å². The summed E-state index contributed by atoms with van der Waals surface area (Å²) in [6.45, 7) is -0.137. The Hall–Kier alpha value is -3.55. The van der Waals surface area contributed by atoms with E-state index in [-0.39, 0.29) is 18.5 Å². The van der Waals surface area contributed by atoms with Crippen LogP contribution in [0.1, 0.15) is 0 Å². The first-order valence-corrected chi connectivity index (χ1v) is 8.60. The molecule has 1 heterocycles. The maximum atomic E-state index is 11.8. The number of methoxy groups -OCH3 is 2. The number of nitrogens with zero attached hydrogens (tertiary/aromatic N) is 4. The molecule has 3 aromatic rings. The third-order valence-corrected chi connectivity index (χ3v) is 4.08. The van der Waals surface area contributed by atoms with Gasteiger partial charge in [-0.25, -0.2) is 4.68 Å². The van der Waals surface area contributed by atoms with Crippen LogP contribution >= 0.6 is 0 Å². The molecule has 0 unspecified atom stereocenters. The molecular weight excluding hydrogens is 360 g/mol. The maximum absolute atomic E-state index is 11.8. The summed E-state index contributed by atoms with van der Waals surface area (Å²) in [4.78, 5) is 17.7. The van der Waals surface area contributed by atoms with Gasteiger partial charge in [0.25, 0.3) is 5.91 Å². The molecule has 3 rings (SSSR count). The fourth-order valence-corrected chi connectivity index (χ4v) is 2.44. The maximum Gasteiger partial charge on any atom is 0.336 e. The van der Waals surface area contributed by atoms with Gasteiger partial charge in [0.05, 0.1) is 19.9 Å². The highest BCUT2D eigenvalue weighted by atomic mass is 16.5. The molecule has 0 saturated carbocycles. The molecular formula is C20H22N4O4. The number of amides is 1. The van der Waals surface area contributed by atoms with Crippen LogP contribution in [0.4, 0.5) is 0 Å². The lowest BCUT2D eigenvalue weighted by Crippen LogP contribution is -2.27. The molecule has 0 aliphatic carbocycles. The highest BCUT2D eigenvalue weighted by molar-refractivity contribution is 5.77. The monoisotopic (exact) mass is 382 g/mol. The molecule has 0 saturated heterocycles. The number of ether oxygens (including phenoxy) is 3. The fourth-order valence-electron chi connectivity index (χ4n) is 2.44. The van der Waals surface area contributed by atoms with Crippen LogP contribution in [0.3, 0.4) is 0 Å². The van der Waals surface area contributed by atoms with Crippen molar-refractivity contribution in [2.75, 3.05) is 34.9 Å². The lowest BCUT2D eigenvalue weighted by molar-refractivity contribution is -0.130. The lowest BCUT2D eigenvalue weighted by atomic mass is 10.2. The second-order valence-corrected chi connectivity index (χ2v) is 6.13. The Kier molecular flexibility index (Phi) is 5.78. The zero-order valence-electron chi connectivity index (χ0n) is 16.2. The van der Waals surface area contributed by atoms with E-state index in [2.05, 4.69) is 10.1 Å². The van der Waals surface area contributed by atoms with E-state index in [4.69, 9.17) is 14.2 Å². The molecule has 8 heteroatoms. The minimum absolute atomic E-state index is 0.122. The van der Waals surface area contributed by atoms with Crippen molar-refractivity contribution in [2.24, 2.45) is 0 Å². The van der Waals surface area contributed by atoms with Crippen molar-refractivity contribution in [3.8, 4) is 34.6 Å². The van der Waals surface area contributed by atoms with Gasteiger partial charge >= 0.3 is 6.01 Å². The van der Waals surface area contributed by atoms with Crippen molar-refractivity contribution < 1.29 is 19.0 Å². The molecule has 0 aliphatic rings. The molecule has 0 fully saturated rings. The third kappa shape index (κ3) is 4.22. The van der Waals surface area contributed by atoms with Gasteiger partial charge in [-0.15, -0.1) is 5.10 Å². The number of carbonyl (C=O) groups excluding carboxylic acids is 1. The molecule has 0 N–H and O–H groups in total. The highest BCUT2D eigenvalue weighted by Crippen LogP contribution is 2.26. The molecule has 1 aromatic heterocycles. The molecule has 1 amide bonds. The molecule has 0 spiro atoms. The quantitative estimate of drug-likeness (QED) is 0.624. The Balaban J connectivity index is 1.97. The van der Waals surface area contributed by atoms with Crippen LogP contribution < -0.4 is 14.2 Å². The van der Waals surface area contributed by atoms with Gasteiger partial charge in [-0.05, 0) is 48.5 Å². The summed E-state index contributed by atoms with van der Waals surface area (Å²) in [5.41, 5.74) is 1.62. The summed E-state index contributed by atoms with van der Waals surface area (Å²) in [5, 5.41) is 4.43. The zero-order valence-corrected chi connectivity index (χ0v) is 16.2. The van der Waals surface area contributed by atoms with Gasteiger partial charge in [-0.2, -0.15) is 4.98 Å². The van der Waals surface area contributed by atoms with Crippen molar-refractivity contribution >= 4 is 5.91 Å². The zero-order chi connectivity index (χ0) is 20.1. The van der Waals surface area contributed by atoms with Crippen molar-refractivity contribution in [2.45, 2.75) is 0 Å². The Morgan fingerprint density at radius 1 is 0.964 bits per heavy atom.